The van der Waals surface area contributed by atoms with Crippen LogP contribution in [0.1, 0.15) is 24.0 Å². The maximum absolute atomic E-state index is 12.0. The predicted octanol–water partition coefficient (Wildman–Crippen LogP) is 1.20. The van der Waals surface area contributed by atoms with Crippen molar-refractivity contribution in [3.05, 3.63) is 35.4 Å². The molecular formula is C15H23N3O. The quantitative estimate of drug-likeness (QED) is 0.837. The van der Waals surface area contributed by atoms with Crippen LogP contribution in [-0.4, -0.2) is 42.4 Å². The molecule has 2 N–H and O–H groups in total. The predicted molar refractivity (Wildman–Crippen MR) is 76.5 cm³/mol. The summed E-state index contributed by atoms with van der Waals surface area (Å²) in [6.07, 6.45) is 2.31. The molecule has 0 aromatic heterocycles. The van der Waals surface area contributed by atoms with Crippen molar-refractivity contribution in [3.8, 4) is 0 Å². The molecule has 1 aliphatic carbocycles. The molecule has 0 spiro atoms. The zero-order chi connectivity index (χ0) is 13.8. The Bertz CT molecular complexity index is 443. The van der Waals surface area contributed by atoms with E-state index in [0.29, 0.717) is 19.1 Å². The number of carbonyl (C=O) groups excluding carboxylic acids is 1. The van der Waals surface area contributed by atoms with Crippen LogP contribution in [0.3, 0.4) is 0 Å². The molecule has 0 bridgehead atoms. The van der Waals surface area contributed by atoms with Gasteiger partial charge < -0.3 is 10.6 Å². The third kappa shape index (κ3) is 3.78. The average molecular weight is 261 g/mol. The molecule has 2 rings (SSSR count). The number of rotatable bonds is 6. The van der Waals surface area contributed by atoms with E-state index in [1.807, 2.05) is 37.2 Å². The molecule has 0 atom stereocenters. The molecule has 4 nitrogen and oxygen atoms in total. The van der Waals surface area contributed by atoms with Gasteiger partial charge in [0.15, 0.2) is 0 Å². The van der Waals surface area contributed by atoms with Crippen LogP contribution in [0.4, 0.5) is 0 Å². The van der Waals surface area contributed by atoms with Crippen LogP contribution < -0.4 is 5.73 Å². The minimum atomic E-state index is 0.204. The minimum Gasteiger partial charge on any atom is -0.342 e. The Labute approximate surface area is 115 Å². The Morgan fingerprint density at radius 3 is 2.47 bits per heavy atom. The summed E-state index contributed by atoms with van der Waals surface area (Å²) < 4.78 is 0. The van der Waals surface area contributed by atoms with Crippen molar-refractivity contribution in [1.82, 2.24) is 9.80 Å². The lowest BCUT2D eigenvalue weighted by atomic mass is 10.1. The van der Waals surface area contributed by atoms with Gasteiger partial charge in [0.25, 0.3) is 0 Å². The van der Waals surface area contributed by atoms with E-state index in [-0.39, 0.29) is 5.91 Å². The van der Waals surface area contributed by atoms with Gasteiger partial charge in [0, 0.05) is 26.2 Å². The SMILES string of the molecule is CN(CC(=O)N(C)C1CC1)Cc1ccccc1CN. The smallest absolute Gasteiger partial charge is 0.236 e. The third-order valence-corrected chi connectivity index (χ3v) is 3.67. The van der Waals surface area contributed by atoms with E-state index in [4.69, 9.17) is 5.73 Å². The Balaban J connectivity index is 1.89. The van der Waals surface area contributed by atoms with Gasteiger partial charge in [-0.2, -0.15) is 0 Å². The number of nitrogens with two attached hydrogens (primary N) is 1. The molecule has 1 aliphatic rings. The fourth-order valence-electron chi connectivity index (χ4n) is 2.27. The lowest BCUT2D eigenvalue weighted by Gasteiger charge is -2.22. The summed E-state index contributed by atoms with van der Waals surface area (Å²) in [5.41, 5.74) is 8.08. The Kier molecular flexibility index (Phi) is 4.56. The van der Waals surface area contributed by atoms with Crippen LogP contribution >= 0.6 is 0 Å². The number of amides is 1. The molecule has 1 aromatic carbocycles. The van der Waals surface area contributed by atoms with Crippen molar-refractivity contribution in [2.75, 3.05) is 20.6 Å². The van der Waals surface area contributed by atoms with Crippen LogP contribution in [0, 0.1) is 0 Å². The summed E-state index contributed by atoms with van der Waals surface area (Å²) in [5.74, 6) is 0.204. The monoisotopic (exact) mass is 261 g/mol. The van der Waals surface area contributed by atoms with E-state index in [1.54, 1.807) is 0 Å². The number of carbonyl (C=O) groups is 1. The second-order valence-corrected chi connectivity index (χ2v) is 5.38. The Morgan fingerprint density at radius 1 is 1.26 bits per heavy atom. The number of benzene rings is 1. The van der Waals surface area contributed by atoms with E-state index in [0.717, 1.165) is 24.9 Å². The van der Waals surface area contributed by atoms with Gasteiger partial charge in [-0.3, -0.25) is 9.69 Å². The summed E-state index contributed by atoms with van der Waals surface area (Å²) in [6.45, 7) is 1.77. The van der Waals surface area contributed by atoms with Crippen molar-refractivity contribution < 1.29 is 4.79 Å². The molecule has 1 fully saturated rings. The molecule has 0 aliphatic heterocycles. The highest BCUT2D eigenvalue weighted by Gasteiger charge is 2.29. The van der Waals surface area contributed by atoms with Gasteiger partial charge in [0.05, 0.1) is 6.54 Å². The van der Waals surface area contributed by atoms with Gasteiger partial charge in [-0.1, -0.05) is 24.3 Å². The number of hydrogen-bond donors (Lipinski definition) is 1. The van der Waals surface area contributed by atoms with E-state index in [2.05, 4.69) is 11.0 Å². The topological polar surface area (TPSA) is 49.6 Å². The number of nitrogens with zero attached hydrogens (tertiary/aromatic N) is 2. The first-order valence-corrected chi connectivity index (χ1v) is 6.83. The first kappa shape index (κ1) is 14.0. The van der Waals surface area contributed by atoms with Crippen LogP contribution in [-0.2, 0) is 17.9 Å². The van der Waals surface area contributed by atoms with Crippen molar-refractivity contribution in [2.24, 2.45) is 5.73 Å². The largest absolute Gasteiger partial charge is 0.342 e. The second-order valence-electron chi connectivity index (χ2n) is 5.38. The van der Waals surface area contributed by atoms with Gasteiger partial charge in [0.2, 0.25) is 5.91 Å². The van der Waals surface area contributed by atoms with Crippen molar-refractivity contribution >= 4 is 5.91 Å². The Hall–Kier alpha value is -1.39. The fourth-order valence-corrected chi connectivity index (χ4v) is 2.27. The molecule has 19 heavy (non-hydrogen) atoms. The standard InChI is InChI=1S/C15H23N3O/c1-17(11-15(19)18(2)14-7-8-14)10-13-6-4-3-5-12(13)9-16/h3-6,14H,7-11,16H2,1-2H3. The number of likely N-dealkylation sites (N-methyl/N-ethyl adjacent to an activating group) is 2. The summed E-state index contributed by atoms with van der Waals surface area (Å²) in [4.78, 5) is 16.0. The molecule has 1 saturated carbocycles. The van der Waals surface area contributed by atoms with E-state index in [9.17, 15) is 4.79 Å². The molecule has 0 saturated heterocycles. The maximum Gasteiger partial charge on any atom is 0.236 e. The van der Waals surface area contributed by atoms with Gasteiger partial charge >= 0.3 is 0 Å². The average Bonchev–Trinajstić information content (AvgIpc) is 3.22. The molecular weight excluding hydrogens is 238 g/mol. The molecule has 104 valence electrons. The Morgan fingerprint density at radius 2 is 1.89 bits per heavy atom. The van der Waals surface area contributed by atoms with Crippen LogP contribution in [0.2, 0.25) is 0 Å². The second kappa shape index (κ2) is 6.17. The maximum atomic E-state index is 12.0. The van der Waals surface area contributed by atoms with Crippen molar-refractivity contribution in [2.45, 2.75) is 32.0 Å². The fraction of sp³-hybridized carbons (Fsp3) is 0.533. The van der Waals surface area contributed by atoms with Gasteiger partial charge in [-0.05, 0) is 31.0 Å². The van der Waals surface area contributed by atoms with Crippen LogP contribution in [0.15, 0.2) is 24.3 Å². The third-order valence-electron chi connectivity index (χ3n) is 3.67. The first-order valence-electron chi connectivity index (χ1n) is 6.83. The zero-order valence-electron chi connectivity index (χ0n) is 11.8. The van der Waals surface area contributed by atoms with Crippen LogP contribution in [0.5, 0.6) is 0 Å². The molecule has 4 heteroatoms. The highest BCUT2D eigenvalue weighted by Crippen LogP contribution is 2.25. The van der Waals surface area contributed by atoms with Crippen LogP contribution in [0.25, 0.3) is 0 Å². The molecule has 1 amide bonds. The molecule has 0 radical (unpaired) electrons. The van der Waals surface area contributed by atoms with E-state index in [1.165, 1.54) is 5.56 Å². The highest BCUT2D eigenvalue weighted by atomic mass is 16.2. The van der Waals surface area contributed by atoms with Crippen molar-refractivity contribution in [1.29, 1.82) is 0 Å². The summed E-state index contributed by atoms with van der Waals surface area (Å²) >= 11 is 0. The summed E-state index contributed by atoms with van der Waals surface area (Å²) in [6, 6.07) is 8.62. The summed E-state index contributed by atoms with van der Waals surface area (Å²) in [7, 11) is 3.88. The van der Waals surface area contributed by atoms with E-state index >= 15 is 0 Å². The van der Waals surface area contributed by atoms with Gasteiger partial charge in [0.1, 0.15) is 0 Å². The minimum absolute atomic E-state index is 0.204. The first-order chi connectivity index (χ1) is 9.11. The lowest BCUT2D eigenvalue weighted by Crippen LogP contribution is -2.37. The van der Waals surface area contributed by atoms with Gasteiger partial charge in [-0.25, -0.2) is 0 Å². The van der Waals surface area contributed by atoms with Gasteiger partial charge in [-0.15, -0.1) is 0 Å². The molecule has 0 heterocycles. The normalized spacial score (nSPS) is 14.7. The summed E-state index contributed by atoms with van der Waals surface area (Å²) in [5, 5.41) is 0. The molecule has 0 unspecified atom stereocenters. The zero-order valence-corrected chi connectivity index (χ0v) is 11.8. The number of hydrogen-bond acceptors (Lipinski definition) is 3. The molecule has 1 aromatic rings. The van der Waals surface area contributed by atoms with Crippen molar-refractivity contribution in [3.63, 3.8) is 0 Å². The lowest BCUT2D eigenvalue weighted by molar-refractivity contribution is -0.131. The van der Waals surface area contributed by atoms with E-state index < -0.39 is 0 Å². The highest BCUT2D eigenvalue weighted by molar-refractivity contribution is 5.78.